The van der Waals surface area contributed by atoms with Crippen molar-refractivity contribution in [2.24, 2.45) is 10.7 Å². The first-order valence-corrected chi connectivity index (χ1v) is 6.95. The van der Waals surface area contributed by atoms with E-state index in [1.807, 2.05) is 45.9 Å². The Morgan fingerprint density at radius 3 is 2.40 bits per heavy atom. The molecule has 0 aliphatic carbocycles. The van der Waals surface area contributed by atoms with Crippen molar-refractivity contribution >= 4 is 17.7 Å². The van der Waals surface area contributed by atoms with E-state index in [0.717, 1.165) is 23.2 Å². The number of para-hydroxylation sites is 1. The zero-order chi connectivity index (χ0) is 15.1. The van der Waals surface area contributed by atoms with Crippen LogP contribution in [0.4, 0.5) is 10.5 Å². The van der Waals surface area contributed by atoms with E-state index < -0.39 is 0 Å². The molecule has 0 aliphatic heterocycles. The molecule has 0 fully saturated rings. The summed E-state index contributed by atoms with van der Waals surface area (Å²) in [4.78, 5) is 18.1. The first-order chi connectivity index (χ1) is 9.51. The Labute approximate surface area is 120 Å². The number of hydrogen-bond acceptors (Lipinski definition) is 2. The lowest BCUT2D eigenvalue weighted by Crippen LogP contribution is -2.46. The van der Waals surface area contributed by atoms with Crippen LogP contribution in [-0.2, 0) is 0 Å². The van der Waals surface area contributed by atoms with E-state index in [1.54, 1.807) is 4.90 Å². The topological polar surface area (TPSA) is 70.7 Å². The Bertz CT molecular complexity index is 476. The van der Waals surface area contributed by atoms with Crippen LogP contribution >= 0.6 is 0 Å². The molecule has 5 heteroatoms. The molecule has 0 radical (unpaired) electrons. The maximum Gasteiger partial charge on any atom is 0.328 e. The molecule has 20 heavy (non-hydrogen) atoms. The fourth-order valence-corrected chi connectivity index (χ4v) is 2.08. The lowest BCUT2D eigenvalue weighted by molar-refractivity contribution is 0.250. The molecule has 110 valence electrons. The van der Waals surface area contributed by atoms with Crippen LogP contribution in [0.1, 0.15) is 31.4 Å². The smallest absolute Gasteiger partial charge is 0.328 e. The summed E-state index contributed by atoms with van der Waals surface area (Å²) < 4.78 is 0. The van der Waals surface area contributed by atoms with E-state index in [2.05, 4.69) is 10.3 Å². The molecule has 0 heterocycles. The Balaban J connectivity index is 2.93. The Kier molecular flexibility index (Phi) is 6.03. The van der Waals surface area contributed by atoms with Crippen LogP contribution < -0.4 is 16.0 Å². The van der Waals surface area contributed by atoms with Gasteiger partial charge in [0.25, 0.3) is 0 Å². The van der Waals surface area contributed by atoms with E-state index in [4.69, 9.17) is 5.73 Å². The quantitative estimate of drug-likeness (QED) is 0.655. The molecule has 0 aromatic heterocycles. The molecule has 1 aromatic carbocycles. The number of carbonyl (C=O) groups excluding carboxylic acids is 1. The van der Waals surface area contributed by atoms with Crippen LogP contribution in [0, 0.1) is 13.8 Å². The average molecular weight is 276 g/mol. The first-order valence-electron chi connectivity index (χ1n) is 6.95. The minimum atomic E-state index is -0.248. The highest BCUT2D eigenvalue weighted by Crippen LogP contribution is 2.24. The highest BCUT2D eigenvalue weighted by molar-refractivity contribution is 6.03. The molecule has 2 amide bonds. The fraction of sp³-hybridized carbons (Fsp3) is 0.467. The Hall–Kier alpha value is -2.04. The maximum absolute atomic E-state index is 12.3. The highest BCUT2D eigenvalue weighted by Gasteiger charge is 2.18. The van der Waals surface area contributed by atoms with Crippen molar-refractivity contribution in [1.82, 2.24) is 5.32 Å². The van der Waals surface area contributed by atoms with E-state index in [9.17, 15) is 4.79 Å². The van der Waals surface area contributed by atoms with Gasteiger partial charge in [-0.15, -0.1) is 0 Å². The summed E-state index contributed by atoms with van der Waals surface area (Å²) in [6.07, 6.45) is 0.894. The number of urea groups is 1. The van der Waals surface area contributed by atoms with Gasteiger partial charge in [0, 0.05) is 13.1 Å². The van der Waals surface area contributed by atoms with Gasteiger partial charge in [0.2, 0.25) is 0 Å². The second-order valence-electron chi connectivity index (χ2n) is 4.68. The Morgan fingerprint density at radius 2 is 1.90 bits per heavy atom. The van der Waals surface area contributed by atoms with Crippen molar-refractivity contribution in [2.45, 2.75) is 34.1 Å². The molecule has 0 unspecified atom stereocenters. The lowest BCUT2D eigenvalue weighted by Gasteiger charge is -2.25. The van der Waals surface area contributed by atoms with Crippen LogP contribution in [0.15, 0.2) is 23.2 Å². The van der Waals surface area contributed by atoms with Crippen molar-refractivity contribution in [3.63, 3.8) is 0 Å². The standard InChI is InChI=1S/C15H24N4O/c1-5-10-17-14(16)18-15(20)19(6-2)13-11(3)8-7-9-12(13)4/h7-9H,5-6,10H2,1-4H3,(H3,16,17,18,20). The van der Waals surface area contributed by atoms with Crippen LogP contribution in [-0.4, -0.2) is 25.1 Å². The van der Waals surface area contributed by atoms with Crippen LogP contribution in [0.25, 0.3) is 0 Å². The van der Waals surface area contributed by atoms with Crippen molar-refractivity contribution in [2.75, 3.05) is 18.0 Å². The minimum Gasteiger partial charge on any atom is -0.370 e. The summed E-state index contributed by atoms with van der Waals surface area (Å²) in [5.41, 5.74) is 8.75. The van der Waals surface area contributed by atoms with Gasteiger partial charge in [0.05, 0.1) is 5.69 Å². The number of nitrogens with one attached hydrogen (secondary N) is 1. The number of anilines is 1. The SMILES string of the molecule is CCCN=C(N)NC(=O)N(CC)c1c(C)cccc1C. The minimum absolute atomic E-state index is 0.168. The third-order valence-corrected chi connectivity index (χ3v) is 3.01. The fourth-order valence-electron chi connectivity index (χ4n) is 2.08. The predicted octanol–water partition coefficient (Wildman–Crippen LogP) is 2.56. The zero-order valence-corrected chi connectivity index (χ0v) is 12.7. The van der Waals surface area contributed by atoms with Gasteiger partial charge in [-0.25, -0.2) is 4.79 Å². The van der Waals surface area contributed by atoms with Crippen molar-refractivity contribution in [3.8, 4) is 0 Å². The number of amides is 2. The molecule has 1 aromatic rings. The van der Waals surface area contributed by atoms with Gasteiger partial charge in [-0.1, -0.05) is 25.1 Å². The molecule has 0 bridgehead atoms. The monoisotopic (exact) mass is 276 g/mol. The second-order valence-corrected chi connectivity index (χ2v) is 4.68. The van der Waals surface area contributed by atoms with Crippen LogP contribution in [0.2, 0.25) is 0 Å². The summed E-state index contributed by atoms with van der Waals surface area (Å²) in [6, 6.07) is 5.72. The van der Waals surface area contributed by atoms with E-state index >= 15 is 0 Å². The number of nitrogens with zero attached hydrogens (tertiary/aromatic N) is 2. The highest BCUT2D eigenvalue weighted by atomic mass is 16.2. The zero-order valence-electron chi connectivity index (χ0n) is 12.7. The number of aryl methyl sites for hydroxylation is 2. The van der Waals surface area contributed by atoms with Crippen LogP contribution in [0.5, 0.6) is 0 Å². The molecular weight excluding hydrogens is 252 g/mol. The summed E-state index contributed by atoms with van der Waals surface area (Å²) >= 11 is 0. The molecule has 0 aliphatic rings. The number of aliphatic imine (C=N–C) groups is 1. The summed E-state index contributed by atoms with van der Waals surface area (Å²) in [5, 5.41) is 2.63. The number of benzene rings is 1. The van der Waals surface area contributed by atoms with Gasteiger partial charge in [-0.3, -0.25) is 15.2 Å². The van der Waals surface area contributed by atoms with Gasteiger partial charge in [-0.2, -0.15) is 0 Å². The molecule has 1 rings (SSSR count). The van der Waals surface area contributed by atoms with Gasteiger partial charge in [0.1, 0.15) is 0 Å². The number of carbonyl (C=O) groups is 1. The van der Waals surface area contributed by atoms with E-state index in [1.165, 1.54) is 0 Å². The van der Waals surface area contributed by atoms with Crippen molar-refractivity contribution in [1.29, 1.82) is 0 Å². The molecular formula is C15H24N4O. The third kappa shape index (κ3) is 3.98. The maximum atomic E-state index is 12.3. The summed E-state index contributed by atoms with van der Waals surface area (Å²) in [6.45, 7) is 9.11. The third-order valence-electron chi connectivity index (χ3n) is 3.01. The largest absolute Gasteiger partial charge is 0.370 e. The normalized spacial score (nSPS) is 11.3. The predicted molar refractivity (Wildman–Crippen MR) is 84.2 cm³/mol. The van der Waals surface area contributed by atoms with Gasteiger partial charge in [-0.05, 0) is 38.3 Å². The van der Waals surface area contributed by atoms with E-state index in [0.29, 0.717) is 13.1 Å². The molecule has 5 nitrogen and oxygen atoms in total. The molecule has 0 saturated heterocycles. The molecule has 0 atom stereocenters. The lowest BCUT2D eigenvalue weighted by atomic mass is 10.1. The summed E-state index contributed by atoms with van der Waals surface area (Å²) in [5.74, 6) is 0.168. The number of guanidine groups is 1. The van der Waals surface area contributed by atoms with Crippen molar-refractivity contribution in [3.05, 3.63) is 29.3 Å². The van der Waals surface area contributed by atoms with Gasteiger partial charge >= 0.3 is 6.03 Å². The molecule has 0 saturated carbocycles. The van der Waals surface area contributed by atoms with E-state index in [-0.39, 0.29) is 12.0 Å². The first kappa shape index (κ1) is 16.0. The molecule has 3 N–H and O–H groups in total. The Morgan fingerprint density at radius 1 is 1.30 bits per heavy atom. The molecule has 0 spiro atoms. The average Bonchev–Trinajstić information content (AvgIpc) is 2.40. The summed E-state index contributed by atoms with van der Waals surface area (Å²) in [7, 11) is 0. The second kappa shape index (κ2) is 7.53. The van der Waals surface area contributed by atoms with Crippen LogP contribution in [0.3, 0.4) is 0 Å². The van der Waals surface area contributed by atoms with Gasteiger partial charge < -0.3 is 5.73 Å². The van der Waals surface area contributed by atoms with Gasteiger partial charge in [0.15, 0.2) is 5.96 Å². The number of hydrogen-bond donors (Lipinski definition) is 2. The number of rotatable bonds is 4. The number of nitrogens with two attached hydrogens (primary N) is 1. The van der Waals surface area contributed by atoms with Crippen molar-refractivity contribution < 1.29 is 4.79 Å².